The Morgan fingerprint density at radius 1 is 0.917 bits per heavy atom. The molecule has 0 unspecified atom stereocenters. The summed E-state index contributed by atoms with van der Waals surface area (Å²) in [6, 6.07) is 0. The molecule has 0 aromatic rings. The normalized spacial score (nSPS) is 11.7. The van der Waals surface area contributed by atoms with Gasteiger partial charge in [-0.1, -0.05) is 0 Å². The van der Waals surface area contributed by atoms with Crippen LogP contribution < -0.4 is 59.1 Å². The van der Waals surface area contributed by atoms with Crippen molar-refractivity contribution < 1.29 is 85.1 Å². The minimum Gasteiger partial charge on any atom is -0.747 e. The molecular formula is C2H4Na2O6S2. The van der Waals surface area contributed by atoms with Crippen LogP contribution >= 0.6 is 0 Å². The van der Waals surface area contributed by atoms with Crippen molar-refractivity contribution >= 4 is 20.2 Å². The molecule has 0 aliphatic rings. The first kappa shape index (κ1) is 19.4. The van der Waals surface area contributed by atoms with Gasteiger partial charge in [-0.2, -0.15) is 0 Å². The third-order valence-electron chi connectivity index (χ3n) is 0.813. The minimum atomic E-state index is -5.01. The maximum absolute atomic E-state index is 9.84. The van der Waals surface area contributed by atoms with Crippen molar-refractivity contribution in [3.05, 3.63) is 0 Å². The summed E-state index contributed by atoms with van der Waals surface area (Å²) < 4.78 is 56.7. The van der Waals surface area contributed by atoms with E-state index in [0.29, 0.717) is 6.92 Å². The summed E-state index contributed by atoms with van der Waals surface area (Å²) in [6.45, 7) is 0.532. The van der Waals surface area contributed by atoms with Gasteiger partial charge in [-0.15, -0.1) is 0 Å². The molecule has 0 aliphatic heterocycles. The number of hydrogen-bond donors (Lipinski definition) is 0. The Bertz CT molecular complexity index is 270. The summed E-state index contributed by atoms with van der Waals surface area (Å²) in [7, 11) is -10.0. The van der Waals surface area contributed by atoms with E-state index in [1.54, 1.807) is 0 Å². The second-order valence-electron chi connectivity index (χ2n) is 1.55. The van der Waals surface area contributed by atoms with Gasteiger partial charge in [0, 0.05) is 0 Å². The standard InChI is InChI=1S/C2H6O6S2.2Na/c1-2(9(3,4)5)10(6,7)8;;/h2H,1H3,(H,3,4,5)(H,6,7,8);;/q;2*+1/p-2. The fourth-order valence-electron chi connectivity index (χ4n) is 0.144. The van der Waals surface area contributed by atoms with Gasteiger partial charge in [0.2, 0.25) is 0 Å². The van der Waals surface area contributed by atoms with Crippen molar-refractivity contribution in [1.82, 2.24) is 0 Å². The van der Waals surface area contributed by atoms with Gasteiger partial charge in [0.1, 0.15) is 24.8 Å². The molecule has 12 heavy (non-hydrogen) atoms. The first-order valence-electron chi connectivity index (χ1n) is 2.05. The number of rotatable bonds is 2. The molecule has 0 saturated carbocycles. The molecule has 0 bridgehead atoms. The van der Waals surface area contributed by atoms with Crippen molar-refractivity contribution in [2.75, 3.05) is 0 Å². The van der Waals surface area contributed by atoms with Crippen LogP contribution in [-0.2, 0) is 20.2 Å². The second kappa shape index (κ2) is 6.33. The van der Waals surface area contributed by atoms with Crippen LogP contribution in [-0.4, -0.2) is 30.5 Å². The molecule has 10 heteroatoms. The monoisotopic (exact) mass is 234 g/mol. The fraction of sp³-hybridized carbons (Fsp3) is 1.00. The van der Waals surface area contributed by atoms with Crippen LogP contribution in [0.4, 0.5) is 0 Å². The van der Waals surface area contributed by atoms with Crippen LogP contribution in [0.15, 0.2) is 0 Å². The molecule has 0 rings (SSSR count). The Labute approximate surface area is 115 Å². The molecule has 0 heterocycles. The van der Waals surface area contributed by atoms with Crippen LogP contribution in [0, 0.1) is 0 Å². The Morgan fingerprint density at radius 3 is 1.08 bits per heavy atom. The van der Waals surface area contributed by atoms with Gasteiger partial charge in [0.05, 0.1) is 0 Å². The van der Waals surface area contributed by atoms with Gasteiger partial charge < -0.3 is 9.11 Å². The quantitative estimate of drug-likeness (QED) is 0.346. The van der Waals surface area contributed by atoms with Crippen LogP contribution in [0.2, 0.25) is 0 Å². The third-order valence-corrected chi connectivity index (χ3v) is 3.85. The van der Waals surface area contributed by atoms with Gasteiger partial charge in [0.25, 0.3) is 0 Å². The molecule has 0 aromatic heterocycles. The molecule has 0 aromatic carbocycles. The predicted molar refractivity (Wildman–Crippen MR) is 28.9 cm³/mol. The van der Waals surface area contributed by atoms with Crippen molar-refractivity contribution in [1.29, 1.82) is 0 Å². The maximum Gasteiger partial charge on any atom is 1.00 e. The van der Waals surface area contributed by atoms with E-state index < -0.39 is 24.8 Å². The average Bonchev–Trinajstić information content (AvgIpc) is 1.59. The van der Waals surface area contributed by atoms with E-state index in [2.05, 4.69) is 0 Å². The molecule has 0 amide bonds. The summed E-state index contributed by atoms with van der Waals surface area (Å²) in [5.74, 6) is 0. The smallest absolute Gasteiger partial charge is 0.747 e. The Balaban J connectivity index is -0.000000405. The first-order valence-corrected chi connectivity index (χ1v) is 4.99. The van der Waals surface area contributed by atoms with Crippen molar-refractivity contribution in [3.63, 3.8) is 0 Å². The van der Waals surface area contributed by atoms with E-state index >= 15 is 0 Å². The molecule has 0 atom stereocenters. The van der Waals surface area contributed by atoms with Gasteiger partial charge >= 0.3 is 59.1 Å². The van der Waals surface area contributed by atoms with E-state index in [1.165, 1.54) is 0 Å². The van der Waals surface area contributed by atoms with E-state index in [4.69, 9.17) is 0 Å². The Kier molecular flexibility index (Phi) is 10.2. The maximum atomic E-state index is 9.84. The molecule has 0 spiro atoms. The summed E-state index contributed by atoms with van der Waals surface area (Å²) >= 11 is 0. The molecular weight excluding hydrogens is 230 g/mol. The van der Waals surface area contributed by atoms with Gasteiger partial charge in [-0.3, -0.25) is 0 Å². The van der Waals surface area contributed by atoms with Crippen LogP contribution in [0.3, 0.4) is 0 Å². The number of hydrogen-bond acceptors (Lipinski definition) is 6. The van der Waals surface area contributed by atoms with Crippen LogP contribution in [0.25, 0.3) is 0 Å². The average molecular weight is 234 g/mol. The summed E-state index contributed by atoms with van der Waals surface area (Å²) in [6.07, 6.45) is 0. The zero-order valence-corrected chi connectivity index (χ0v) is 12.5. The molecule has 0 saturated heterocycles. The Hall–Kier alpha value is 1.82. The second-order valence-corrected chi connectivity index (χ2v) is 5.24. The third kappa shape index (κ3) is 7.25. The minimum absolute atomic E-state index is 0. The predicted octanol–water partition coefficient (Wildman–Crippen LogP) is -7.57. The zero-order chi connectivity index (χ0) is 8.58. The van der Waals surface area contributed by atoms with Crippen molar-refractivity contribution in [3.8, 4) is 0 Å². The van der Waals surface area contributed by atoms with Gasteiger partial charge in [-0.05, 0) is 6.92 Å². The molecule has 6 nitrogen and oxygen atoms in total. The van der Waals surface area contributed by atoms with E-state index in [0.717, 1.165) is 0 Å². The van der Waals surface area contributed by atoms with Crippen LogP contribution in [0.5, 0.6) is 0 Å². The first-order chi connectivity index (χ1) is 4.15. The molecule has 0 N–H and O–H groups in total. The Morgan fingerprint density at radius 2 is 1.08 bits per heavy atom. The largest absolute Gasteiger partial charge is 1.00 e. The molecule has 62 valence electrons. The topological polar surface area (TPSA) is 114 Å². The fourth-order valence-corrected chi connectivity index (χ4v) is 1.30. The summed E-state index contributed by atoms with van der Waals surface area (Å²) in [4.78, 5) is 0. The van der Waals surface area contributed by atoms with Gasteiger partial charge in [0.15, 0.2) is 0 Å². The van der Waals surface area contributed by atoms with E-state index in [-0.39, 0.29) is 59.1 Å². The molecule has 0 aliphatic carbocycles. The van der Waals surface area contributed by atoms with E-state index in [1.807, 2.05) is 0 Å². The summed E-state index contributed by atoms with van der Waals surface area (Å²) in [5.41, 5.74) is 0. The van der Waals surface area contributed by atoms with E-state index in [9.17, 15) is 25.9 Å². The summed E-state index contributed by atoms with van der Waals surface area (Å²) in [5, 5.41) is 0. The SMILES string of the molecule is CC(S(=O)(=O)[O-])S(=O)(=O)[O-].[Na+].[Na+]. The molecule has 0 radical (unpaired) electrons. The van der Waals surface area contributed by atoms with Gasteiger partial charge in [-0.25, -0.2) is 16.8 Å². The molecule has 0 fully saturated rings. The van der Waals surface area contributed by atoms with Crippen LogP contribution in [0.1, 0.15) is 6.92 Å². The zero-order valence-electron chi connectivity index (χ0n) is 6.84. The van der Waals surface area contributed by atoms with Crippen molar-refractivity contribution in [2.45, 2.75) is 11.5 Å². The van der Waals surface area contributed by atoms with Crippen molar-refractivity contribution in [2.24, 2.45) is 0 Å².